The molecule has 118 valence electrons. The highest BCUT2D eigenvalue weighted by Crippen LogP contribution is 2.42. The molecule has 3 aliphatic rings. The fraction of sp³-hybridized carbons (Fsp3) is 0.882. The van der Waals surface area contributed by atoms with Gasteiger partial charge in [-0.15, -0.1) is 0 Å². The van der Waals surface area contributed by atoms with Gasteiger partial charge in [0.1, 0.15) is 12.1 Å². The number of piperidine rings is 1. The maximum Gasteiger partial charge on any atom is 0.246 e. The Morgan fingerprint density at radius 3 is 2.43 bits per heavy atom. The number of hydrogen-bond donors (Lipinski definition) is 0. The van der Waals surface area contributed by atoms with Crippen molar-refractivity contribution >= 4 is 11.8 Å². The molecule has 2 amide bonds. The molecule has 3 fully saturated rings. The molecule has 2 heterocycles. The van der Waals surface area contributed by atoms with Gasteiger partial charge in [-0.3, -0.25) is 9.59 Å². The first-order valence-electron chi connectivity index (χ1n) is 8.54. The molecule has 21 heavy (non-hydrogen) atoms. The zero-order valence-electron chi connectivity index (χ0n) is 13.6. The van der Waals surface area contributed by atoms with Crippen LogP contribution in [0.15, 0.2) is 0 Å². The van der Waals surface area contributed by atoms with Crippen LogP contribution in [0.2, 0.25) is 0 Å². The molecule has 4 nitrogen and oxygen atoms in total. The zero-order chi connectivity index (χ0) is 15.2. The second kappa shape index (κ2) is 5.29. The second-order valence-corrected chi connectivity index (χ2v) is 7.86. The molecule has 1 saturated carbocycles. The van der Waals surface area contributed by atoms with Crippen molar-refractivity contribution in [2.45, 2.75) is 71.4 Å². The maximum atomic E-state index is 13.0. The van der Waals surface area contributed by atoms with Crippen molar-refractivity contribution in [3.63, 3.8) is 0 Å². The Morgan fingerprint density at radius 1 is 1.14 bits per heavy atom. The lowest BCUT2D eigenvalue weighted by Crippen LogP contribution is -2.68. The molecule has 0 N–H and O–H groups in total. The Morgan fingerprint density at radius 2 is 1.86 bits per heavy atom. The van der Waals surface area contributed by atoms with Gasteiger partial charge in [-0.25, -0.2) is 0 Å². The van der Waals surface area contributed by atoms with Gasteiger partial charge < -0.3 is 9.80 Å². The van der Waals surface area contributed by atoms with E-state index in [-0.39, 0.29) is 35.2 Å². The second-order valence-electron chi connectivity index (χ2n) is 7.86. The predicted molar refractivity (Wildman–Crippen MR) is 81.6 cm³/mol. The molecule has 4 heteroatoms. The van der Waals surface area contributed by atoms with Crippen LogP contribution < -0.4 is 0 Å². The standard InChI is InChI=1S/C17H28N2O2/c1-12(2)14-16(21)18-10-5-4-7-13(18)15(20)19(14)11-17(3)8-6-9-17/h12-14H,4-11H2,1-3H3. The van der Waals surface area contributed by atoms with Crippen LogP contribution in [-0.4, -0.2) is 46.8 Å². The molecule has 0 aromatic heterocycles. The quantitative estimate of drug-likeness (QED) is 0.801. The first kappa shape index (κ1) is 14.9. The Bertz CT molecular complexity index is 442. The highest BCUT2D eigenvalue weighted by atomic mass is 16.2. The maximum absolute atomic E-state index is 13.0. The lowest BCUT2D eigenvalue weighted by atomic mass is 9.69. The van der Waals surface area contributed by atoms with Crippen LogP contribution in [0.5, 0.6) is 0 Å². The Labute approximate surface area is 127 Å². The third-order valence-electron chi connectivity index (χ3n) is 5.69. The summed E-state index contributed by atoms with van der Waals surface area (Å²) in [4.78, 5) is 29.7. The van der Waals surface area contributed by atoms with E-state index < -0.39 is 0 Å². The first-order valence-corrected chi connectivity index (χ1v) is 8.54. The number of fused-ring (bicyclic) bond motifs is 1. The van der Waals surface area contributed by atoms with Crippen molar-refractivity contribution in [2.24, 2.45) is 11.3 Å². The molecule has 0 aromatic rings. The largest absolute Gasteiger partial charge is 0.329 e. The van der Waals surface area contributed by atoms with E-state index in [4.69, 9.17) is 0 Å². The van der Waals surface area contributed by atoms with Gasteiger partial charge in [0, 0.05) is 13.1 Å². The monoisotopic (exact) mass is 292 g/mol. The number of piperazine rings is 1. The topological polar surface area (TPSA) is 40.6 Å². The summed E-state index contributed by atoms with van der Waals surface area (Å²) < 4.78 is 0. The van der Waals surface area contributed by atoms with Crippen LogP contribution in [0.4, 0.5) is 0 Å². The Kier molecular flexibility index (Phi) is 3.74. The molecule has 0 radical (unpaired) electrons. The van der Waals surface area contributed by atoms with Gasteiger partial charge in [0.25, 0.3) is 0 Å². The van der Waals surface area contributed by atoms with Crippen LogP contribution in [0.3, 0.4) is 0 Å². The fourth-order valence-corrected chi connectivity index (χ4v) is 4.25. The molecular weight excluding hydrogens is 264 g/mol. The summed E-state index contributed by atoms with van der Waals surface area (Å²) in [7, 11) is 0. The van der Waals surface area contributed by atoms with E-state index in [0.717, 1.165) is 32.4 Å². The highest BCUT2D eigenvalue weighted by molar-refractivity contribution is 5.97. The SMILES string of the molecule is CC(C)C1C(=O)N2CCCCC2C(=O)N1CC1(C)CCC1. The molecule has 3 rings (SSSR count). The minimum Gasteiger partial charge on any atom is -0.329 e. The van der Waals surface area contributed by atoms with Crippen LogP contribution in [-0.2, 0) is 9.59 Å². The minimum absolute atomic E-state index is 0.176. The average Bonchev–Trinajstić information content (AvgIpc) is 2.42. The van der Waals surface area contributed by atoms with Gasteiger partial charge in [0.05, 0.1) is 0 Å². The Balaban J connectivity index is 1.87. The number of rotatable bonds is 3. The number of carbonyl (C=O) groups is 2. The summed E-state index contributed by atoms with van der Waals surface area (Å²) in [5.74, 6) is 0.589. The van der Waals surface area contributed by atoms with Crippen molar-refractivity contribution in [1.29, 1.82) is 0 Å². The van der Waals surface area contributed by atoms with Crippen LogP contribution in [0.25, 0.3) is 0 Å². The fourth-order valence-electron chi connectivity index (χ4n) is 4.25. The molecule has 2 unspecified atom stereocenters. The van der Waals surface area contributed by atoms with Crippen molar-refractivity contribution < 1.29 is 9.59 Å². The molecule has 2 atom stereocenters. The van der Waals surface area contributed by atoms with Gasteiger partial charge in [-0.2, -0.15) is 0 Å². The van der Waals surface area contributed by atoms with Gasteiger partial charge in [0.2, 0.25) is 11.8 Å². The van der Waals surface area contributed by atoms with E-state index in [9.17, 15) is 9.59 Å². The molecule has 0 bridgehead atoms. The molecule has 1 aliphatic carbocycles. The predicted octanol–water partition coefficient (Wildman–Crippen LogP) is 2.42. The van der Waals surface area contributed by atoms with E-state index in [1.165, 1.54) is 19.3 Å². The van der Waals surface area contributed by atoms with Gasteiger partial charge in [-0.05, 0) is 43.4 Å². The summed E-state index contributed by atoms with van der Waals surface area (Å²) in [5, 5.41) is 0. The van der Waals surface area contributed by atoms with Crippen molar-refractivity contribution in [2.75, 3.05) is 13.1 Å². The summed E-state index contributed by atoms with van der Waals surface area (Å²) in [6, 6.07) is -0.422. The number of carbonyl (C=O) groups excluding carboxylic acids is 2. The molecule has 0 aromatic carbocycles. The van der Waals surface area contributed by atoms with E-state index in [2.05, 4.69) is 20.8 Å². The van der Waals surface area contributed by atoms with Crippen molar-refractivity contribution in [1.82, 2.24) is 9.80 Å². The summed E-state index contributed by atoms with van der Waals surface area (Å²) in [5.41, 5.74) is 0.236. The number of nitrogens with zero attached hydrogens (tertiary/aromatic N) is 2. The summed E-state index contributed by atoms with van der Waals surface area (Å²) in [6.07, 6.45) is 6.58. The van der Waals surface area contributed by atoms with Gasteiger partial charge in [-0.1, -0.05) is 27.2 Å². The van der Waals surface area contributed by atoms with E-state index in [0.29, 0.717) is 0 Å². The lowest BCUT2D eigenvalue weighted by Gasteiger charge is -2.52. The lowest BCUT2D eigenvalue weighted by molar-refractivity contribution is -0.168. The summed E-state index contributed by atoms with van der Waals surface area (Å²) in [6.45, 7) is 7.93. The van der Waals surface area contributed by atoms with Gasteiger partial charge in [0.15, 0.2) is 0 Å². The van der Waals surface area contributed by atoms with Crippen LogP contribution in [0.1, 0.15) is 59.3 Å². The number of hydrogen-bond acceptors (Lipinski definition) is 2. The molecule has 0 spiro atoms. The number of amides is 2. The third-order valence-corrected chi connectivity index (χ3v) is 5.69. The smallest absolute Gasteiger partial charge is 0.246 e. The van der Waals surface area contributed by atoms with E-state index in [1.807, 2.05) is 9.80 Å². The van der Waals surface area contributed by atoms with E-state index in [1.54, 1.807) is 0 Å². The van der Waals surface area contributed by atoms with Crippen LogP contribution >= 0.6 is 0 Å². The van der Waals surface area contributed by atoms with E-state index >= 15 is 0 Å². The highest BCUT2D eigenvalue weighted by Gasteiger charge is 2.49. The first-order chi connectivity index (χ1) is 9.93. The molecule has 2 aliphatic heterocycles. The Hall–Kier alpha value is -1.06. The molecule has 2 saturated heterocycles. The average molecular weight is 292 g/mol. The summed E-state index contributed by atoms with van der Waals surface area (Å²) >= 11 is 0. The van der Waals surface area contributed by atoms with Gasteiger partial charge >= 0.3 is 0 Å². The van der Waals surface area contributed by atoms with Crippen LogP contribution in [0, 0.1) is 11.3 Å². The van der Waals surface area contributed by atoms with Crippen molar-refractivity contribution in [3.8, 4) is 0 Å². The molecular formula is C17H28N2O2. The normalized spacial score (nSPS) is 32.2. The zero-order valence-corrected chi connectivity index (χ0v) is 13.6. The minimum atomic E-state index is -0.246. The van der Waals surface area contributed by atoms with Crippen molar-refractivity contribution in [3.05, 3.63) is 0 Å². The third kappa shape index (κ3) is 2.47.